The number of amides is 1. The quantitative estimate of drug-likeness (QED) is 0.387. The first-order chi connectivity index (χ1) is 16.7. The average Bonchev–Trinajstić information content (AvgIpc) is 3.41. The maximum absolute atomic E-state index is 12.6. The van der Waals surface area contributed by atoms with Crippen LogP contribution in [0.25, 0.3) is 17.1 Å². The van der Waals surface area contributed by atoms with E-state index in [1.165, 1.54) is 10.6 Å². The van der Waals surface area contributed by atoms with Crippen LogP contribution in [0.3, 0.4) is 0 Å². The molecule has 1 saturated heterocycles. The Morgan fingerprint density at radius 3 is 2.63 bits per heavy atom. The molecule has 1 aliphatic heterocycles. The number of hydrogen-bond donors (Lipinski definition) is 4. The highest BCUT2D eigenvalue weighted by atomic mass is 16.5. The number of phenols is 2. The number of benzene rings is 2. The molecule has 1 fully saturated rings. The van der Waals surface area contributed by atoms with E-state index in [1.807, 2.05) is 33.0 Å². The molecule has 0 aliphatic carbocycles. The number of aromatic nitrogens is 3. The van der Waals surface area contributed by atoms with E-state index in [2.05, 4.69) is 20.4 Å². The van der Waals surface area contributed by atoms with Gasteiger partial charge in [0, 0.05) is 25.7 Å². The van der Waals surface area contributed by atoms with Gasteiger partial charge in [0.15, 0.2) is 5.82 Å². The van der Waals surface area contributed by atoms with Gasteiger partial charge >= 0.3 is 5.69 Å². The van der Waals surface area contributed by atoms with Gasteiger partial charge < -0.3 is 25.2 Å². The minimum absolute atomic E-state index is 0.00728. The molecule has 3 aromatic rings. The number of carbonyl (C=O) groups is 1. The van der Waals surface area contributed by atoms with Crippen LogP contribution in [-0.2, 0) is 16.1 Å². The Labute approximate surface area is 203 Å². The number of likely N-dealkylation sites (N-methyl/N-ethyl adjacent to an activating group) is 1. The third-order valence-electron chi connectivity index (χ3n) is 6.16. The molecule has 1 aliphatic rings. The van der Waals surface area contributed by atoms with E-state index in [0.717, 1.165) is 25.1 Å². The Kier molecular flexibility index (Phi) is 7.23. The lowest BCUT2D eigenvalue weighted by Crippen LogP contribution is -2.30. The second kappa shape index (κ2) is 10.3. The molecule has 4 N–H and O–H groups in total. The summed E-state index contributed by atoms with van der Waals surface area (Å²) in [4.78, 5) is 26.9. The van der Waals surface area contributed by atoms with Crippen LogP contribution in [0.15, 0.2) is 41.2 Å². The van der Waals surface area contributed by atoms with Crippen LogP contribution >= 0.6 is 0 Å². The molecule has 0 saturated carbocycles. The highest BCUT2D eigenvalue weighted by Gasteiger charge is 2.21. The van der Waals surface area contributed by atoms with E-state index in [0.29, 0.717) is 23.4 Å². The summed E-state index contributed by atoms with van der Waals surface area (Å²) in [6.45, 7) is 6.01. The number of H-pyrrole nitrogens is 1. The number of nitrogens with one attached hydrogen (secondary N) is 2. The van der Waals surface area contributed by atoms with Gasteiger partial charge in [-0.15, -0.1) is 0 Å². The fourth-order valence-electron chi connectivity index (χ4n) is 4.19. The zero-order valence-corrected chi connectivity index (χ0v) is 20.1. The average molecular weight is 482 g/mol. The van der Waals surface area contributed by atoms with Crippen LogP contribution in [0.2, 0.25) is 0 Å². The van der Waals surface area contributed by atoms with E-state index in [9.17, 15) is 19.8 Å². The van der Waals surface area contributed by atoms with Crippen molar-refractivity contribution in [3.63, 3.8) is 0 Å². The summed E-state index contributed by atoms with van der Waals surface area (Å²) >= 11 is 0. The second-order valence-electron chi connectivity index (χ2n) is 9.20. The molecule has 10 nitrogen and oxygen atoms in total. The fourth-order valence-corrected chi connectivity index (χ4v) is 4.19. The van der Waals surface area contributed by atoms with Crippen molar-refractivity contribution in [2.75, 3.05) is 26.7 Å². The molecule has 1 aromatic heterocycles. The zero-order valence-electron chi connectivity index (χ0n) is 20.1. The van der Waals surface area contributed by atoms with E-state index in [4.69, 9.17) is 4.74 Å². The zero-order chi connectivity index (χ0) is 25.1. The van der Waals surface area contributed by atoms with Crippen LogP contribution in [0.1, 0.15) is 37.3 Å². The van der Waals surface area contributed by atoms with Gasteiger partial charge in [-0.05, 0) is 48.7 Å². The van der Waals surface area contributed by atoms with E-state index < -0.39 is 5.69 Å². The first kappa shape index (κ1) is 24.5. The lowest BCUT2D eigenvalue weighted by Gasteiger charge is -2.13. The fraction of sp³-hybridized carbons (Fsp3) is 0.400. The van der Waals surface area contributed by atoms with Crippen LogP contribution in [0, 0.1) is 0 Å². The third kappa shape index (κ3) is 5.55. The Hall–Kier alpha value is -3.63. The molecule has 35 heavy (non-hydrogen) atoms. The van der Waals surface area contributed by atoms with Crippen LogP contribution < -0.4 is 11.0 Å². The summed E-state index contributed by atoms with van der Waals surface area (Å²) < 4.78 is 7.01. The molecule has 1 amide bonds. The van der Waals surface area contributed by atoms with Crippen LogP contribution in [-0.4, -0.2) is 68.6 Å². The monoisotopic (exact) mass is 481 g/mol. The SMILES string of the molecule is CC(C)c1cc(-c2n[nH]c(=O)n2-c2ccc(CNC(=O)COC3CCN(C)C3)cc2)c(O)cc1O. The number of phenolic OH excluding ortho intramolecular Hbond substituents is 2. The van der Waals surface area contributed by atoms with E-state index >= 15 is 0 Å². The molecule has 186 valence electrons. The lowest BCUT2D eigenvalue weighted by molar-refractivity contribution is -0.127. The summed E-state index contributed by atoms with van der Waals surface area (Å²) in [6.07, 6.45) is 1.03. The Morgan fingerprint density at radius 1 is 1.23 bits per heavy atom. The number of rotatable bonds is 8. The molecule has 0 spiro atoms. The van der Waals surface area contributed by atoms with Gasteiger partial charge in [0.25, 0.3) is 0 Å². The topological polar surface area (TPSA) is 133 Å². The number of hydrogen-bond acceptors (Lipinski definition) is 7. The first-order valence-electron chi connectivity index (χ1n) is 11.6. The second-order valence-corrected chi connectivity index (χ2v) is 9.20. The smallest absolute Gasteiger partial charge is 0.348 e. The summed E-state index contributed by atoms with van der Waals surface area (Å²) in [5.41, 5.74) is 1.90. The summed E-state index contributed by atoms with van der Waals surface area (Å²) in [5.74, 6) is -0.144. The van der Waals surface area contributed by atoms with Gasteiger partial charge in [0.1, 0.15) is 18.1 Å². The van der Waals surface area contributed by atoms with E-state index in [1.54, 1.807) is 18.2 Å². The number of carbonyl (C=O) groups excluding carboxylic acids is 1. The molecular formula is C25H31N5O5. The third-order valence-corrected chi connectivity index (χ3v) is 6.16. The largest absolute Gasteiger partial charge is 0.508 e. The van der Waals surface area contributed by atoms with Crippen LogP contribution in [0.4, 0.5) is 0 Å². The van der Waals surface area contributed by atoms with Crippen LogP contribution in [0.5, 0.6) is 11.5 Å². The maximum Gasteiger partial charge on any atom is 0.348 e. The van der Waals surface area contributed by atoms with Crippen molar-refractivity contribution in [2.24, 2.45) is 0 Å². The van der Waals surface area contributed by atoms with Gasteiger partial charge in [-0.2, -0.15) is 5.10 Å². The predicted molar refractivity (Wildman–Crippen MR) is 131 cm³/mol. The Bertz CT molecular complexity index is 1250. The maximum atomic E-state index is 12.6. The molecular weight excluding hydrogens is 450 g/mol. The lowest BCUT2D eigenvalue weighted by atomic mass is 9.98. The molecule has 0 radical (unpaired) electrons. The normalized spacial score (nSPS) is 16.2. The summed E-state index contributed by atoms with van der Waals surface area (Å²) in [7, 11) is 2.03. The highest BCUT2D eigenvalue weighted by Crippen LogP contribution is 2.37. The first-order valence-corrected chi connectivity index (χ1v) is 11.6. The summed E-state index contributed by atoms with van der Waals surface area (Å²) in [5, 5.41) is 30.0. The minimum Gasteiger partial charge on any atom is -0.508 e. The van der Waals surface area contributed by atoms with Gasteiger partial charge in [-0.25, -0.2) is 14.5 Å². The molecule has 2 heterocycles. The summed E-state index contributed by atoms with van der Waals surface area (Å²) in [6, 6.07) is 10.00. The molecule has 0 bridgehead atoms. The predicted octanol–water partition coefficient (Wildman–Crippen LogP) is 2.10. The minimum atomic E-state index is -0.464. The molecule has 10 heteroatoms. The van der Waals surface area contributed by atoms with Gasteiger partial charge in [-0.1, -0.05) is 26.0 Å². The molecule has 1 atom stereocenters. The van der Waals surface area contributed by atoms with Crippen molar-refractivity contribution < 1.29 is 19.7 Å². The molecule has 1 unspecified atom stereocenters. The Balaban J connectivity index is 1.46. The van der Waals surface area contributed by atoms with Gasteiger partial charge in [0.2, 0.25) is 5.91 Å². The van der Waals surface area contributed by atoms with Crippen molar-refractivity contribution in [1.29, 1.82) is 0 Å². The highest BCUT2D eigenvalue weighted by molar-refractivity contribution is 5.77. The number of likely N-dealkylation sites (tertiary alicyclic amines) is 1. The van der Waals surface area contributed by atoms with Crippen molar-refractivity contribution >= 4 is 5.91 Å². The molecule has 4 rings (SSSR count). The number of aromatic hydroxyl groups is 2. The number of nitrogens with zero attached hydrogens (tertiary/aromatic N) is 3. The van der Waals surface area contributed by atoms with Gasteiger partial charge in [0.05, 0.1) is 17.4 Å². The van der Waals surface area contributed by atoms with Crippen molar-refractivity contribution in [2.45, 2.75) is 38.8 Å². The van der Waals surface area contributed by atoms with Gasteiger partial charge in [-0.3, -0.25) is 4.79 Å². The number of aromatic amines is 1. The molecule has 2 aromatic carbocycles. The number of ether oxygens (including phenoxy) is 1. The van der Waals surface area contributed by atoms with Crippen molar-refractivity contribution in [3.05, 3.63) is 58.0 Å². The van der Waals surface area contributed by atoms with Crippen molar-refractivity contribution in [1.82, 2.24) is 25.0 Å². The van der Waals surface area contributed by atoms with Crippen molar-refractivity contribution in [3.8, 4) is 28.6 Å². The standard InChI is InChI=1S/C25H31N5O5/c1-15(2)19-10-20(22(32)11-21(19)31)24-27-28-25(34)30(24)17-6-4-16(5-7-17)12-26-23(33)14-35-18-8-9-29(3)13-18/h4-7,10-11,15,18,31-32H,8-9,12-14H2,1-3H3,(H,26,33)(H,28,34). The van der Waals surface area contributed by atoms with E-state index in [-0.39, 0.29) is 41.9 Å². The Morgan fingerprint density at radius 2 is 1.97 bits per heavy atom.